The van der Waals surface area contributed by atoms with E-state index in [2.05, 4.69) is 16.0 Å². The van der Waals surface area contributed by atoms with Gasteiger partial charge < -0.3 is 9.88 Å². The summed E-state index contributed by atoms with van der Waals surface area (Å²) in [6.07, 6.45) is 3.86. The van der Waals surface area contributed by atoms with Crippen LogP contribution in [0.3, 0.4) is 0 Å². The highest BCUT2D eigenvalue weighted by Gasteiger charge is 2.13. The van der Waals surface area contributed by atoms with Crippen molar-refractivity contribution in [1.29, 1.82) is 0 Å². The number of pyridine rings is 1. The molecule has 1 fully saturated rings. The quantitative estimate of drug-likeness (QED) is 0.814. The summed E-state index contributed by atoms with van der Waals surface area (Å²) >= 11 is 0. The number of aromatic nitrogens is 1. The van der Waals surface area contributed by atoms with Gasteiger partial charge in [-0.15, -0.1) is 0 Å². The molecule has 0 saturated carbocycles. The molecule has 1 saturated heterocycles. The van der Waals surface area contributed by atoms with Crippen LogP contribution >= 0.6 is 0 Å². The summed E-state index contributed by atoms with van der Waals surface area (Å²) in [5, 5.41) is 1.15. The van der Waals surface area contributed by atoms with Crippen LogP contribution in [0, 0.1) is 0 Å². The van der Waals surface area contributed by atoms with Gasteiger partial charge >= 0.3 is 0 Å². The van der Waals surface area contributed by atoms with Crippen LogP contribution in [0.15, 0.2) is 35.1 Å². The molecule has 0 unspecified atom stereocenters. The van der Waals surface area contributed by atoms with Crippen LogP contribution in [-0.2, 0) is 0 Å². The van der Waals surface area contributed by atoms with E-state index in [4.69, 9.17) is 0 Å². The fraction of sp³-hybridized carbons (Fsp3) is 0.357. The molecule has 0 amide bonds. The molecule has 1 aliphatic rings. The fourth-order valence-electron chi connectivity index (χ4n) is 2.58. The fourth-order valence-corrected chi connectivity index (χ4v) is 2.58. The number of benzene rings is 1. The lowest BCUT2D eigenvalue weighted by atomic mass is 10.1. The number of nitrogens with one attached hydrogen (secondary N) is 1. The van der Waals surface area contributed by atoms with E-state index in [1.54, 1.807) is 6.07 Å². The van der Waals surface area contributed by atoms with Crippen LogP contribution in [0.25, 0.3) is 10.9 Å². The van der Waals surface area contributed by atoms with Crippen LogP contribution < -0.4 is 10.5 Å². The summed E-state index contributed by atoms with van der Waals surface area (Å²) in [5.74, 6) is 0. The van der Waals surface area contributed by atoms with E-state index >= 15 is 0 Å². The van der Waals surface area contributed by atoms with Crippen molar-refractivity contribution in [1.82, 2.24) is 4.98 Å². The summed E-state index contributed by atoms with van der Waals surface area (Å²) in [5.41, 5.74) is 2.15. The zero-order valence-corrected chi connectivity index (χ0v) is 9.78. The van der Waals surface area contributed by atoms with Gasteiger partial charge in [-0.25, -0.2) is 0 Å². The van der Waals surface area contributed by atoms with Crippen LogP contribution in [0.2, 0.25) is 0 Å². The molecule has 88 valence electrons. The second-order valence-corrected chi connectivity index (χ2v) is 4.61. The van der Waals surface area contributed by atoms with Crippen LogP contribution in [0.4, 0.5) is 5.69 Å². The molecule has 3 heteroatoms. The maximum Gasteiger partial charge on any atom is 0.248 e. The van der Waals surface area contributed by atoms with Crippen molar-refractivity contribution in [2.45, 2.75) is 19.3 Å². The molecule has 0 aliphatic carbocycles. The Morgan fingerprint density at radius 3 is 2.65 bits per heavy atom. The summed E-state index contributed by atoms with van der Waals surface area (Å²) in [6.45, 7) is 2.25. The average Bonchev–Trinajstić information content (AvgIpc) is 2.39. The SMILES string of the molecule is O=c1ccc2c(N3CCCCC3)cccc2[nH]1. The highest BCUT2D eigenvalue weighted by Crippen LogP contribution is 2.27. The maximum atomic E-state index is 11.3. The van der Waals surface area contributed by atoms with Gasteiger partial charge in [-0.1, -0.05) is 6.07 Å². The lowest BCUT2D eigenvalue weighted by molar-refractivity contribution is 0.579. The smallest absolute Gasteiger partial charge is 0.248 e. The normalized spacial score (nSPS) is 16.4. The molecule has 0 radical (unpaired) electrons. The van der Waals surface area contributed by atoms with E-state index in [1.165, 1.54) is 24.9 Å². The minimum Gasteiger partial charge on any atom is -0.371 e. The van der Waals surface area contributed by atoms with Gasteiger partial charge in [0.05, 0.1) is 5.52 Å². The maximum absolute atomic E-state index is 11.3. The second-order valence-electron chi connectivity index (χ2n) is 4.61. The van der Waals surface area contributed by atoms with Crippen molar-refractivity contribution in [3.05, 3.63) is 40.7 Å². The number of anilines is 1. The van der Waals surface area contributed by atoms with E-state index in [1.807, 2.05) is 18.2 Å². The first kappa shape index (κ1) is 10.4. The Morgan fingerprint density at radius 1 is 1.00 bits per heavy atom. The van der Waals surface area contributed by atoms with Gasteiger partial charge in [0.15, 0.2) is 0 Å². The standard InChI is InChI=1S/C14H16N2O/c17-14-8-7-11-12(15-14)5-4-6-13(11)16-9-2-1-3-10-16/h4-8H,1-3,9-10H2,(H,15,17). The van der Waals surface area contributed by atoms with Gasteiger partial charge in [-0.3, -0.25) is 4.79 Å². The minimum atomic E-state index is -0.0340. The molecular formula is C14H16N2O. The number of aromatic amines is 1. The van der Waals surface area contributed by atoms with Crippen molar-refractivity contribution < 1.29 is 0 Å². The van der Waals surface area contributed by atoms with Crippen LogP contribution in [0.5, 0.6) is 0 Å². The van der Waals surface area contributed by atoms with Crippen LogP contribution in [-0.4, -0.2) is 18.1 Å². The first-order valence-electron chi connectivity index (χ1n) is 6.21. The predicted molar refractivity (Wildman–Crippen MR) is 70.6 cm³/mol. The monoisotopic (exact) mass is 228 g/mol. The Hall–Kier alpha value is -1.77. The Morgan fingerprint density at radius 2 is 1.82 bits per heavy atom. The number of nitrogens with zero attached hydrogens (tertiary/aromatic N) is 1. The van der Waals surface area contributed by atoms with E-state index in [0.29, 0.717) is 0 Å². The van der Waals surface area contributed by atoms with Gasteiger partial charge in [0.1, 0.15) is 0 Å². The molecule has 0 atom stereocenters. The summed E-state index contributed by atoms with van der Waals surface area (Å²) in [6, 6.07) is 9.66. The molecule has 1 aromatic heterocycles. The third kappa shape index (κ3) is 1.93. The largest absolute Gasteiger partial charge is 0.371 e. The van der Waals surface area contributed by atoms with Crippen molar-refractivity contribution in [3.63, 3.8) is 0 Å². The zero-order chi connectivity index (χ0) is 11.7. The molecule has 2 aromatic rings. The Balaban J connectivity index is 2.12. The third-order valence-electron chi connectivity index (χ3n) is 3.44. The minimum absolute atomic E-state index is 0.0340. The predicted octanol–water partition coefficient (Wildman–Crippen LogP) is 2.52. The summed E-state index contributed by atoms with van der Waals surface area (Å²) < 4.78 is 0. The lowest BCUT2D eigenvalue weighted by Crippen LogP contribution is -2.29. The third-order valence-corrected chi connectivity index (χ3v) is 3.44. The molecule has 1 aliphatic heterocycles. The first-order valence-corrected chi connectivity index (χ1v) is 6.21. The first-order chi connectivity index (χ1) is 8.34. The molecule has 3 nitrogen and oxygen atoms in total. The number of fused-ring (bicyclic) bond motifs is 1. The molecular weight excluding hydrogens is 212 g/mol. The van der Waals surface area contributed by atoms with Crippen molar-refractivity contribution in [2.24, 2.45) is 0 Å². The number of hydrogen-bond donors (Lipinski definition) is 1. The number of hydrogen-bond acceptors (Lipinski definition) is 2. The highest BCUT2D eigenvalue weighted by molar-refractivity contribution is 5.91. The molecule has 3 rings (SSSR count). The van der Waals surface area contributed by atoms with E-state index in [9.17, 15) is 4.79 Å². The Bertz CT molecular complexity index is 582. The van der Waals surface area contributed by atoms with Gasteiger partial charge in [0, 0.05) is 30.2 Å². The van der Waals surface area contributed by atoms with Gasteiger partial charge in [-0.2, -0.15) is 0 Å². The van der Waals surface area contributed by atoms with E-state index in [0.717, 1.165) is 24.0 Å². The van der Waals surface area contributed by atoms with Crippen molar-refractivity contribution >= 4 is 16.6 Å². The van der Waals surface area contributed by atoms with Crippen molar-refractivity contribution in [2.75, 3.05) is 18.0 Å². The highest BCUT2D eigenvalue weighted by atomic mass is 16.1. The van der Waals surface area contributed by atoms with Gasteiger partial charge in [-0.05, 0) is 37.5 Å². The number of rotatable bonds is 1. The molecule has 1 N–H and O–H groups in total. The molecule has 0 spiro atoms. The Kier molecular flexibility index (Phi) is 2.59. The lowest BCUT2D eigenvalue weighted by Gasteiger charge is -2.29. The molecule has 0 bridgehead atoms. The zero-order valence-electron chi connectivity index (χ0n) is 9.78. The molecule has 17 heavy (non-hydrogen) atoms. The number of H-pyrrole nitrogens is 1. The molecule has 2 heterocycles. The second kappa shape index (κ2) is 4.24. The summed E-state index contributed by atoms with van der Waals surface area (Å²) in [4.78, 5) is 16.6. The van der Waals surface area contributed by atoms with Gasteiger partial charge in [0.2, 0.25) is 5.56 Å². The Labute approximate surface area is 100 Å². The summed E-state index contributed by atoms with van der Waals surface area (Å²) in [7, 11) is 0. The van der Waals surface area contributed by atoms with Gasteiger partial charge in [0.25, 0.3) is 0 Å². The van der Waals surface area contributed by atoms with Crippen LogP contribution in [0.1, 0.15) is 19.3 Å². The number of piperidine rings is 1. The topological polar surface area (TPSA) is 36.1 Å². The van der Waals surface area contributed by atoms with Crippen molar-refractivity contribution in [3.8, 4) is 0 Å². The average molecular weight is 228 g/mol. The van der Waals surface area contributed by atoms with E-state index in [-0.39, 0.29) is 5.56 Å². The molecule has 1 aromatic carbocycles. The van der Waals surface area contributed by atoms with E-state index < -0.39 is 0 Å².